The van der Waals surface area contributed by atoms with Crippen LogP contribution in [0.5, 0.6) is 0 Å². The first-order valence-electron chi connectivity index (χ1n) is 7.70. The number of carboxylic acid groups (broad SMARTS) is 1. The van der Waals surface area contributed by atoms with E-state index in [1.165, 1.54) is 0 Å². The number of nitrogen functional groups attached to an aromatic ring is 1. The van der Waals surface area contributed by atoms with Gasteiger partial charge in [-0.25, -0.2) is 4.98 Å². The zero-order valence-corrected chi connectivity index (χ0v) is 13.2. The van der Waals surface area contributed by atoms with Gasteiger partial charge in [0, 0.05) is 6.20 Å². The minimum atomic E-state index is -0.658. The lowest BCUT2D eigenvalue weighted by molar-refractivity contribution is -0.146. The fraction of sp³-hybridized carbons (Fsp3) is 0.647. The number of carboxylic acids is 1. The topological polar surface area (TPSA) is 76.2 Å². The van der Waals surface area contributed by atoms with E-state index in [1.54, 1.807) is 6.20 Å². The van der Waals surface area contributed by atoms with E-state index in [0.717, 1.165) is 31.2 Å². The van der Waals surface area contributed by atoms with Gasteiger partial charge in [0.05, 0.1) is 5.92 Å². The van der Waals surface area contributed by atoms with Crippen LogP contribution in [0.25, 0.3) is 0 Å². The Balaban J connectivity index is 2.16. The molecule has 0 saturated heterocycles. The molecule has 0 aliphatic heterocycles. The third kappa shape index (κ3) is 3.96. The van der Waals surface area contributed by atoms with Gasteiger partial charge < -0.3 is 10.8 Å². The quantitative estimate of drug-likeness (QED) is 0.895. The van der Waals surface area contributed by atoms with Crippen molar-refractivity contribution in [2.24, 2.45) is 23.2 Å². The number of carbonyl (C=O) groups is 1. The zero-order valence-electron chi connectivity index (χ0n) is 13.2. The maximum atomic E-state index is 11.5. The summed E-state index contributed by atoms with van der Waals surface area (Å²) in [6, 6.07) is 3.80. The van der Waals surface area contributed by atoms with E-state index in [2.05, 4.69) is 25.8 Å². The lowest BCUT2D eigenvalue weighted by atomic mass is 9.64. The summed E-state index contributed by atoms with van der Waals surface area (Å²) in [5, 5.41) is 9.49. The Morgan fingerprint density at radius 3 is 2.71 bits per heavy atom. The van der Waals surface area contributed by atoms with Crippen LogP contribution in [0.15, 0.2) is 18.3 Å². The van der Waals surface area contributed by atoms with Crippen LogP contribution in [-0.4, -0.2) is 16.1 Å². The predicted octanol–water partition coefficient (Wildman–Crippen LogP) is 3.37. The smallest absolute Gasteiger partial charge is 0.306 e. The highest BCUT2D eigenvalue weighted by atomic mass is 16.4. The van der Waals surface area contributed by atoms with Crippen molar-refractivity contribution in [3.05, 3.63) is 23.9 Å². The second-order valence-corrected chi connectivity index (χ2v) is 7.37. The van der Waals surface area contributed by atoms with Crippen LogP contribution in [0, 0.1) is 23.2 Å². The lowest BCUT2D eigenvalue weighted by Crippen LogP contribution is -2.36. The highest BCUT2D eigenvalue weighted by Gasteiger charge is 2.38. The molecule has 0 aromatic carbocycles. The maximum Gasteiger partial charge on any atom is 0.306 e. The molecule has 4 heteroatoms. The molecule has 1 aliphatic rings. The number of pyridine rings is 1. The molecule has 0 spiro atoms. The third-order valence-corrected chi connectivity index (χ3v) is 4.87. The lowest BCUT2D eigenvalue weighted by Gasteiger charge is -2.40. The molecular weight excluding hydrogens is 264 g/mol. The van der Waals surface area contributed by atoms with Crippen LogP contribution in [0.2, 0.25) is 0 Å². The van der Waals surface area contributed by atoms with Crippen molar-refractivity contribution in [2.75, 3.05) is 5.73 Å². The van der Waals surface area contributed by atoms with Gasteiger partial charge in [0.1, 0.15) is 5.82 Å². The molecule has 1 fully saturated rings. The summed E-state index contributed by atoms with van der Waals surface area (Å²) in [6.07, 6.45) is 5.24. The first kappa shape index (κ1) is 15.8. The van der Waals surface area contributed by atoms with Gasteiger partial charge in [0.15, 0.2) is 0 Å². The van der Waals surface area contributed by atoms with Gasteiger partial charge in [-0.05, 0) is 60.6 Å². The van der Waals surface area contributed by atoms with Crippen molar-refractivity contribution >= 4 is 11.8 Å². The number of aromatic nitrogens is 1. The second kappa shape index (κ2) is 6.04. The van der Waals surface area contributed by atoms with E-state index in [4.69, 9.17) is 5.73 Å². The van der Waals surface area contributed by atoms with Crippen molar-refractivity contribution < 1.29 is 9.90 Å². The number of hydrogen-bond donors (Lipinski definition) is 2. The van der Waals surface area contributed by atoms with Crippen LogP contribution in [0.1, 0.15) is 45.6 Å². The molecule has 0 bridgehead atoms. The Hall–Kier alpha value is -1.58. The van der Waals surface area contributed by atoms with Crippen LogP contribution >= 0.6 is 0 Å². The molecule has 0 radical (unpaired) electrons. The van der Waals surface area contributed by atoms with E-state index in [0.29, 0.717) is 11.7 Å². The maximum absolute atomic E-state index is 11.5. The highest BCUT2D eigenvalue weighted by Crippen LogP contribution is 2.43. The highest BCUT2D eigenvalue weighted by molar-refractivity contribution is 5.70. The second-order valence-electron chi connectivity index (χ2n) is 7.37. The average molecular weight is 290 g/mol. The van der Waals surface area contributed by atoms with Gasteiger partial charge >= 0.3 is 5.97 Å². The Morgan fingerprint density at radius 2 is 2.14 bits per heavy atom. The Morgan fingerprint density at radius 1 is 1.43 bits per heavy atom. The first-order valence-corrected chi connectivity index (χ1v) is 7.70. The van der Waals surface area contributed by atoms with E-state index >= 15 is 0 Å². The molecule has 116 valence electrons. The van der Waals surface area contributed by atoms with Gasteiger partial charge in [-0.2, -0.15) is 0 Å². The van der Waals surface area contributed by atoms with Crippen LogP contribution in [0.3, 0.4) is 0 Å². The van der Waals surface area contributed by atoms with Crippen LogP contribution in [-0.2, 0) is 11.2 Å². The Kier molecular flexibility index (Phi) is 4.55. The number of anilines is 1. The number of hydrogen-bond acceptors (Lipinski definition) is 3. The molecule has 21 heavy (non-hydrogen) atoms. The van der Waals surface area contributed by atoms with Gasteiger partial charge in [0.2, 0.25) is 0 Å². The summed E-state index contributed by atoms with van der Waals surface area (Å²) in [4.78, 5) is 15.5. The molecule has 1 heterocycles. The summed E-state index contributed by atoms with van der Waals surface area (Å²) in [5.74, 6) is 0.370. The van der Waals surface area contributed by atoms with E-state index in [9.17, 15) is 9.90 Å². The molecule has 2 rings (SSSR count). The van der Waals surface area contributed by atoms with Gasteiger partial charge in [0.25, 0.3) is 0 Å². The first-order chi connectivity index (χ1) is 9.77. The zero-order chi connectivity index (χ0) is 15.6. The molecular formula is C17H26N2O2. The van der Waals surface area contributed by atoms with Crippen molar-refractivity contribution in [3.8, 4) is 0 Å². The minimum Gasteiger partial charge on any atom is -0.481 e. The van der Waals surface area contributed by atoms with E-state index in [-0.39, 0.29) is 17.3 Å². The fourth-order valence-corrected chi connectivity index (χ4v) is 3.53. The molecule has 3 N–H and O–H groups in total. The van der Waals surface area contributed by atoms with Crippen molar-refractivity contribution in [3.63, 3.8) is 0 Å². The summed E-state index contributed by atoms with van der Waals surface area (Å²) in [7, 11) is 0. The van der Waals surface area contributed by atoms with Gasteiger partial charge in [-0.1, -0.05) is 20.8 Å². The molecule has 1 aromatic heterocycles. The van der Waals surface area contributed by atoms with Crippen molar-refractivity contribution in [2.45, 2.75) is 46.5 Å². The minimum absolute atomic E-state index is 0.183. The molecule has 1 aromatic rings. The van der Waals surface area contributed by atoms with E-state index in [1.807, 2.05) is 12.1 Å². The summed E-state index contributed by atoms with van der Waals surface area (Å²) < 4.78 is 0. The molecule has 1 aliphatic carbocycles. The largest absolute Gasteiger partial charge is 0.481 e. The van der Waals surface area contributed by atoms with Crippen LogP contribution < -0.4 is 5.73 Å². The van der Waals surface area contributed by atoms with Crippen molar-refractivity contribution in [1.82, 2.24) is 4.98 Å². The standard InChI is InChI=1S/C17H26N2O2/c1-17(2,3)13-4-5-14(16(20)21)12(10-13)8-11-6-7-19-15(18)9-11/h6-7,9,12-14H,4-5,8,10H2,1-3H3,(H2,18,19)(H,20,21). The molecule has 4 nitrogen and oxygen atoms in total. The fourth-order valence-electron chi connectivity index (χ4n) is 3.53. The molecule has 1 saturated carbocycles. The van der Waals surface area contributed by atoms with Crippen LogP contribution in [0.4, 0.5) is 5.82 Å². The molecule has 0 amide bonds. The summed E-state index contributed by atoms with van der Waals surface area (Å²) >= 11 is 0. The van der Waals surface area contributed by atoms with Gasteiger partial charge in [-0.3, -0.25) is 4.79 Å². The third-order valence-electron chi connectivity index (χ3n) is 4.87. The SMILES string of the molecule is CC(C)(C)C1CCC(C(=O)O)C(Cc2ccnc(N)c2)C1. The number of nitrogens with two attached hydrogens (primary N) is 1. The molecule has 3 unspecified atom stereocenters. The number of nitrogens with zero attached hydrogens (tertiary/aromatic N) is 1. The summed E-state index contributed by atoms with van der Waals surface area (Å²) in [5.41, 5.74) is 7.05. The monoisotopic (exact) mass is 290 g/mol. The molecule has 3 atom stereocenters. The van der Waals surface area contributed by atoms with Gasteiger partial charge in [-0.15, -0.1) is 0 Å². The number of rotatable bonds is 3. The Labute approximate surface area is 126 Å². The predicted molar refractivity (Wildman–Crippen MR) is 83.8 cm³/mol. The average Bonchev–Trinajstić information content (AvgIpc) is 2.37. The Bertz CT molecular complexity index is 508. The van der Waals surface area contributed by atoms with E-state index < -0.39 is 5.97 Å². The number of aliphatic carboxylic acids is 1. The van der Waals surface area contributed by atoms with Crippen molar-refractivity contribution in [1.29, 1.82) is 0 Å². The normalized spacial score (nSPS) is 26.5. The summed E-state index contributed by atoms with van der Waals surface area (Å²) in [6.45, 7) is 6.75.